The molecule has 120 valence electrons. The maximum Gasteiger partial charge on any atom is 0.312 e. The number of amides is 3. The monoisotopic (exact) mass is 331 g/mol. The Morgan fingerprint density at radius 3 is 2.68 bits per heavy atom. The van der Waals surface area contributed by atoms with Gasteiger partial charge in [-0.3, -0.25) is 9.59 Å². The van der Waals surface area contributed by atoms with Crippen molar-refractivity contribution in [1.82, 2.24) is 5.32 Å². The van der Waals surface area contributed by atoms with E-state index in [2.05, 4.69) is 10.6 Å². The maximum atomic E-state index is 12.9. The maximum absolute atomic E-state index is 12.9. The second kappa shape index (κ2) is 8.18. The summed E-state index contributed by atoms with van der Waals surface area (Å²) in [6.45, 7) is 1.37. The van der Waals surface area contributed by atoms with Crippen LogP contribution in [0.5, 0.6) is 0 Å². The molecular formula is C13H15ClFN3O4. The molecule has 0 fully saturated rings. The highest BCUT2D eigenvalue weighted by Gasteiger charge is 2.18. The Hall–Kier alpha value is -2.35. The van der Waals surface area contributed by atoms with Gasteiger partial charge in [-0.15, -0.1) is 0 Å². The molecule has 1 aromatic rings. The zero-order valence-corrected chi connectivity index (χ0v) is 12.4. The lowest BCUT2D eigenvalue weighted by Crippen LogP contribution is -2.33. The second-order valence-corrected chi connectivity index (χ2v) is 4.69. The fraction of sp³-hybridized carbons (Fsp3) is 0.308. The summed E-state index contributed by atoms with van der Waals surface area (Å²) >= 11 is 5.77. The summed E-state index contributed by atoms with van der Waals surface area (Å²) in [5.41, 5.74) is 5.03. The Bertz CT molecular complexity index is 582. The molecule has 22 heavy (non-hydrogen) atoms. The highest BCUT2D eigenvalue weighted by Crippen LogP contribution is 2.22. The van der Waals surface area contributed by atoms with Crippen molar-refractivity contribution in [3.8, 4) is 0 Å². The molecule has 7 nitrogen and oxygen atoms in total. The fourth-order valence-electron chi connectivity index (χ4n) is 1.42. The molecule has 0 spiro atoms. The number of carbonyl (C=O) groups excluding carboxylic acids is 3. The number of hydrogen-bond acceptors (Lipinski definition) is 4. The Morgan fingerprint density at radius 1 is 1.41 bits per heavy atom. The molecular weight excluding hydrogens is 317 g/mol. The molecule has 9 heteroatoms. The number of carbonyl (C=O) groups is 3. The molecule has 0 unspecified atom stereocenters. The number of esters is 1. The number of halogens is 2. The van der Waals surface area contributed by atoms with Crippen LogP contribution in [-0.4, -0.2) is 30.6 Å². The minimum Gasteiger partial charge on any atom is -0.452 e. The van der Waals surface area contributed by atoms with Crippen LogP contribution in [0.3, 0.4) is 0 Å². The van der Waals surface area contributed by atoms with Gasteiger partial charge < -0.3 is 21.1 Å². The Kier molecular flexibility index (Phi) is 6.58. The molecule has 1 rings (SSSR count). The number of rotatable bonds is 6. The molecule has 4 N–H and O–H groups in total. The van der Waals surface area contributed by atoms with Crippen LogP contribution in [0.25, 0.3) is 0 Å². The predicted octanol–water partition coefficient (Wildman–Crippen LogP) is 1.41. The van der Waals surface area contributed by atoms with Crippen molar-refractivity contribution in [3.05, 3.63) is 29.0 Å². The van der Waals surface area contributed by atoms with Gasteiger partial charge in [0, 0.05) is 6.54 Å². The van der Waals surface area contributed by atoms with E-state index < -0.39 is 29.8 Å². The van der Waals surface area contributed by atoms with Crippen molar-refractivity contribution in [2.24, 2.45) is 5.73 Å². The molecule has 0 aliphatic rings. The van der Waals surface area contributed by atoms with E-state index in [0.29, 0.717) is 0 Å². The van der Waals surface area contributed by atoms with Gasteiger partial charge >= 0.3 is 12.0 Å². The van der Waals surface area contributed by atoms with Gasteiger partial charge in [0.25, 0.3) is 5.91 Å². The van der Waals surface area contributed by atoms with Gasteiger partial charge in [0.2, 0.25) is 0 Å². The molecule has 0 aliphatic carbocycles. The standard InChI is InChI=1S/C13H15ClFN3O4/c1-7(22-11(19)4-5-17-13(16)21)12(20)18-10-3-2-8(15)6-9(10)14/h2-3,6-7H,4-5H2,1H3,(H,18,20)(H3,16,17,21)/t7-/m0/s1. The molecule has 0 aromatic heterocycles. The molecule has 0 saturated carbocycles. The number of anilines is 1. The second-order valence-electron chi connectivity index (χ2n) is 4.29. The van der Waals surface area contributed by atoms with Gasteiger partial charge in [0.15, 0.2) is 6.10 Å². The van der Waals surface area contributed by atoms with E-state index in [1.54, 1.807) is 0 Å². The first-order valence-corrected chi connectivity index (χ1v) is 6.66. The van der Waals surface area contributed by atoms with E-state index in [1.165, 1.54) is 13.0 Å². The van der Waals surface area contributed by atoms with Gasteiger partial charge in [0.1, 0.15) is 5.82 Å². The molecule has 0 bridgehead atoms. The lowest BCUT2D eigenvalue weighted by atomic mass is 10.3. The van der Waals surface area contributed by atoms with Gasteiger partial charge in [-0.05, 0) is 25.1 Å². The number of benzene rings is 1. The predicted molar refractivity (Wildman–Crippen MR) is 77.8 cm³/mol. The lowest BCUT2D eigenvalue weighted by Gasteiger charge is -2.14. The minimum atomic E-state index is -1.08. The third-order valence-corrected chi connectivity index (χ3v) is 2.81. The fourth-order valence-corrected chi connectivity index (χ4v) is 1.64. The van der Waals surface area contributed by atoms with Crippen LogP contribution in [0, 0.1) is 5.82 Å². The molecule has 1 atom stereocenters. The molecule has 0 radical (unpaired) electrons. The summed E-state index contributed by atoms with van der Waals surface area (Å²) in [6.07, 6.45) is -1.21. The van der Waals surface area contributed by atoms with Crippen molar-refractivity contribution < 1.29 is 23.5 Å². The van der Waals surface area contributed by atoms with Crippen LogP contribution in [0.4, 0.5) is 14.9 Å². The average Bonchev–Trinajstić information content (AvgIpc) is 2.41. The molecule has 0 heterocycles. The molecule has 0 saturated heterocycles. The van der Waals surface area contributed by atoms with Crippen molar-refractivity contribution in [2.45, 2.75) is 19.4 Å². The van der Waals surface area contributed by atoms with Crippen molar-refractivity contribution in [2.75, 3.05) is 11.9 Å². The topological polar surface area (TPSA) is 111 Å². The van der Waals surface area contributed by atoms with Gasteiger partial charge in [-0.2, -0.15) is 0 Å². The van der Waals surface area contributed by atoms with Crippen LogP contribution >= 0.6 is 11.6 Å². The first kappa shape index (κ1) is 17.7. The first-order valence-electron chi connectivity index (χ1n) is 6.28. The number of nitrogens with one attached hydrogen (secondary N) is 2. The zero-order valence-electron chi connectivity index (χ0n) is 11.7. The van der Waals surface area contributed by atoms with Gasteiger partial charge in [-0.25, -0.2) is 9.18 Å². The lowest BCUT2D eigenvalue weighted by molar-refractivity contribution is -0.153. The molecule has 1 aromatic carbocycles. The molecule has 0 aliphatic heterocycles. The third kappa shape index (κ3) is 5.96. The van der Waals surface area contributed by atoms with E-state index in [1.807, 2.05) is 0 Å². The Morgan fingerprint density at radius 2 is 2.09 bits per heavy atom. The quantitative estimate of drug-likeness (QED) is 0.684. The minimum absolute atomic E-state index is 0.00625. The van der Waals surface area contributed by atoms with E-state index in [9.17, 15) is 18.8 Å². The third-order valence-electron chi connectivity index (χ3n) is 2.49. The van der Waals surface area contributed by atoms with Crippen molar-refractivity contribution in [1.29, 1.82) is 0 Å². The van der Waals surface area contributed by atoms with Gasteiger partial charge in [0.05, 0.1) is 17.1 Å². The number of primary amides is 1. The summed E-state index contributed by atoms with van der Waals surface area (Å²) in [7, 11) is 0. The average molecular weight is 332 g/mol. The summed E-state index contributed by atoms with van der Waals surface area (Å²) in [5, 5.41) is 4.65. The normalized spacial score (nSPS) is 11.4. The SMILES string of the molecule is C[C@H](OC(=O)CCNC(N)=O)C(=O)Nc1ccc(F)cc1Cl. The van der Waals surface area contributed by atoms with Crippen LogP contribution in [0.2, 0.25) is 5.02 Å². The van der Waals surface area contributed by atoms with Crippen molar-refractivity contribution in [3.63, 3.8) is 0 Å². The van der Waals surface area contributed by atoms with Crippen LogP contribution in [0.15, 0.2) is 18.2 Å². The summed E-state index contributed by atoms with van der Waals surface area (Å²) in [4.78, 5) is 33.7. The number of ether oxygens (including phenoxy) is 1. The van der Waals surface area contributed by atoms with E-state index in [0.717, 1.165) is 12.1 Å². The zero-order chi connectivity index (χ0) is 16.7. The smallest absolute Gasteiger partial charge is 0.312 e. The number of hydrogen-bond donors (Lipinski definition) is 3. The van der Waals surface area contributed by atoms with Crippen LogP contribution < -0.4 is 16.4 Å². The largest absolute Gasteiger partial charge is 0.452 e. The van der Waals surface area contributed by atoms with E-state index >= 15 is 0 Å². The van der Waals surface area contributed by atoms with Crippen LogP contribution in [0.1, 0.15) is 13.3 Å². The highest BCUT2D eigenvalue weighted by molar-refractivity contribution is 6.33. The van der Waals surface area contributed by atoms with Crippen LogP contribution in [-0.2, 0) is 14.3 Å². The number of nitrogens with two attached hydrogens (primary N) is 1. The molecule has 3 amide bonds. The first-order chi connectivity index (χ1) is 10.3. The Balaban J connectivity index is 2.47. The van der Waals surface area contributed by atoms with Gasteiger partial charge in [-0.1, -0.05) is 11.6 Å². The van der Waals surface area contributed by atoms with Crippen molar-refractivity contribution >= 4 is 35.2 Å². The number of urea groups is 1. The summed E-state index contributed by atoms with van der Waals surface area (Å²) < 4.78 is 17.8. The summed E-state index contributed by atoms with van der Waals surface area (Å²) in [5.74, 6) is -1.84. The van der Waals surface area contributed by atoms with E-state index in [-0.39, 0.29) is 23.7 Å². The highest BCUT2D eigenvalue weighted by atomic mass is 35.5. The summed E-state index contributed by atoms with van der Waals surface area (Å²) in [6, 6.07) is 2.71. The van der Waals surface area contributed by atoms with E-state index in [4.69, 9.17) is 22.1 Å². The Labute approximate surface area is 130 Å².